The molecular weight excluding hydrogens is 322 g/mol. The topological polar surface area (TPSA) is 49.8 Å². The third-order valence-corrected chi connectivity index (χ3v) is 3.69. The predicted molar refractivity (Wildman–Crippen MR) is 80.4 cm³/mol. The van der Waals surface area contributed by atoms with Crippen LogP contribution >= 0.6 is 15.9 Å². The molecule has 4 nitrogen and oxygen atoms in total. The van der Waals surface area contributed by atoms with Gasteiger partial charge in [-0.2, -0.15) is 0 Å². The van der Waals surface area contributed by atoms with Crippen LogP contribution in [0, 0.1) is 0 Å². The first-order valence-corrected chi connectivity index (χ1v) is 7.49. The summed E-state index contributed by atoms with van der Waals surface area (Å²) >= 11 is 3.40. The number of nitrogens with zero attached hydrogens (tertiary/aromatic N) is 1. The van der Waals surface area contributed by atoms with Gasteiger partial charge >= 0.3 is 6.09 Å². The Kier molecular flexibility index (Phi) is 4.39. The van der Waals surface area contributed by atoms with Crippen LogP contribution in [0.5, 0.6) is 0 Å². The molecule has 1 aliphatic rings. The van der Waals surface area contributed by atoms with Gasteiger partial charge in [0.1, 0.15) is 5.60 Å². The summed E-state index contributed by atoms with van der Waals surface area (Å²) in [5.74, 6) is 0. The van der Waals surface area contributed by atoms with E-state index in [1.165, 1.54) is 0 Å². The van der Waals surface area contributed by atoms with Gasteiger partial charge in [-0.05, 0) is 44.9 Å². The highest BCUT2D eigenvalue weighted by molar-refractivity contribution is 9.10. The second-order valence-electron chi connectivity index (χ2n) is 6.09. The number of β-amino-alcohol motifs (C(OH)–C–C–N with tert-alkyl or cyclic N) is 1. The Balaban J connectivity index is 2.18. The van der Waals surface area contributed by atoms with E-state index in [4.69, 9.17) is 4.74 Å². The number of carbonyl (C=O) groups excluding carboxylic acids is 1. The van der Waals surface area contributed by atoms with E-state index < -0.39 is 11.7 Å². The molecule has 1 N–H and O–H groups in total. The molecule has 0 spiro atoms. The fourth-order valence-corrected chi connectivity index (χ4v) is 2.60. The molecule has 1 heterocycles. The average Bonchev–Trinajstić information content (AvgIpc) is 2.70. The summed E-state index contributed by atoms with van der Waals surface area (Å²) < 4.78 is 6.40. The van der Waals surface area contributed by atoms with E-state index in [1.54, 1.807) is 4.90 Å². The summed E-state index contributed by atoms with van der Waals surface area (Å²) in [6.45, 7) is 5.83. The minimum absolute atomic E-state index is 0.132. The summed E-state index contributed by atoms with van der Waals surface area (Å²) in [5, 5.41) is 9.87. The Labute approximate surface area is 127 Å². The molecule has 0 radical (unpaired) electrons. The molecule has 110 valence electrons. The molecule has 0 bridgehead atoms. The maximum Gasteiger partial charge on any atom is 0.410 e. The Bertz CT molecular complexity index is 481. The summed E-state index contributed by atoms with van der Waals surface area (Å²) in [4.78, 5) is 13.9. The average molecular weight is 342 g/mol. The van der Waals surface area contributed by atoms with Gasteiger partial charge in [-0.25, -0.2) is 4.79 Å². The minimum atomic E-state index is -0.533. The number of hydrogen-bond donors (Lipinski definition) is 1. The summed E-state index contributed by atoms with van der Waals surface area (Å²) in [5.41, 5.74) is 0.477. The summed E-state index contributed by atoms with van der Waals surface area (Å²) in [6, 6.07) is 7.67. The lowest BCUT2D eigenvalue weighted by Crippen LogP contribution is -2.37. The number of benzene rings is 1. The zero-order valence-corrected chi connectivity index (χ0v) is 13.6. The molecule has 0 saturated carbocycles. The fourth-order valence-electron chi connectivity index (χ4n) is 2.34. The van der Waals surface area contributed by atoms with Gasteiger partial charge < -0.3 is 9.84 Å². The van der Waals surface area contributed by atoms with Crippen molar-refractivity contribution >= 4 is 22.0 Å². The first-order valence-electron chi connectivity index (χ1n) is 6.69. The third-order valence-electron chi connectivity index (χ3n) is 3.16. The van der Waals surface area contributed by atoms with E-state index in [9.17, 15) is 9.90 Å². The number of amides is 1. The highest BCUT2D eigenvalue weighted by Crippen LogP contribution is 2.33. The summed E-state index contributed by atoms with van der Waals surface area (Å²) in [6.07, 6.45) is -0.334. The van der Waals surface area contributed by atoms with E-state index >= 15 is 0 Å². The Hall–Kier alpha value is -1.07. The van der Waals surface area contributed by atoms with E-state index in [0.29, 0.717) is 13.0 Å². The van der Waals surface area contributed by atoms with Crippen LogP contribution in [-0.2, 0) is 4.74 Å². The number of ether oxygens (including phenoxy) is 1. The molecule has 2 rings (SSSR count). The zero-order valence-electron chi connectivity index (χ0n) is 12.0. The normalized spacial score (nSPS) is 22.9. The molecule has 2 atom stereocenters. The lowest BCUT2D eigenvalue weighted by atomic mass is 10.0. The molecule has 1 saturated heterocycles. The molecule has 1 aromatic carbocycles. The Morgan fingerprint density at radius 3 is 2.50 bits per heavy atom. The molecule has 0 aliphatic carbocycles. The van der Waals surface area contributed by atoms with Crippen molar-refractivity contribution in [3.05, 3.63) is 34.3 Å². The second-order valence-corrected chi connectivity index (χ2v) is 7.01. The number of halogens is 1. The van der Waals surface area contributed by atoms with Crippen LogP contribution in [0.4, 0.5) is 4.79 Å². The number of aliphatic hydroxyl groups is 1. The van der Waals surface area contributed by atoms with Gasteiger partial charge in [0, 0.05) is 4.47 Å². The van der Waals surface area contributed by atoms with Crippen molar-refractivity contribution in [3.8, 4) is 0 Å². The molecule has 20 heavy (non-hydrogen) atoms. The van der Waals surface area contributed by atoms with Gasteiger partial charge in [-0.3, -0.25) is 4.90 Å². The van der Waals surface area contributed by atoms with E-state index in [2.05, 4.69) is 15.9 Å². The molecular formula is C15H20BrNO3. The molecule has 5 heteroatoms. The first kappa shape index (κ1) is 15.3. The van der Waals surface area contributed by atoms with Crippen LogP contribution in [0.1, 0.15) is 38.8 Å². The van der Waals surface area contributed by atoms with Crippen molar-refractivity contribution in [1.82, 2.24) is 4.90 Å². The van der Waals surface area contributed by atoms with E-state index in [0.717, 1.165) is 10.0 Å². The van der Waals surface area contributed by atoms with Crippen LogP contribution in [-0.4, -0.2) is 34.3 Å². The second kappa shape index (κ2) is 5.74. The van der Waals surface area contributed by atoms with Gasteiger partial charge in [-0.1, -0.05) is 28.1 Å². The van der Waals surface area contributed by atoms with Crippen molar-refractivity contribution in [2.45, 2.75) is 44.9 Å². The maximum absolute atomic E-state index is 12.2. The molecule has 1 fully saturated rings. The van der Waals surface area contributed by atoms with Gasteiger partial charge in [0.15, 0.2) is 0 Å². The largest absolute Gasteiger partial charge is 0.444 e. The van der Waals surface area contributed by atoms with Crippen molar-refractivity contribution < 1.29 is 14.6 Å². The number of aliphatic hydroxyl groups excluding tert-OH is 1. The lowest BCUT2D eigenvalue weighted by Gasteiger charge is -2.28. The minimum Gasteiger partial charge on any atom is -0.444 e. The standard InChI is InChI=1S/C15H20BrNO3/c1-15(2,3)20-14(19)17-9-12(18)8-13(17)10-4-6-11(16)7-5-10/h4-7,12-13,18H,8-9H2,1-3H3/t12?,13-/m1/s1. The number of likely N-dealkylation sites (tertiary alicyclic amines) is 1. The van der Waals surface area contributed by atoms with Crippen LogP contribution < -0.4 is 0 Å². The quantitative estimate of drug-likeness (QED) is 0.850. The van der Waals surface area contributed by atoms with Crippen molar-refractivity contribution in [2.75, 3.05) is 6.54 Å². The SMILES string of the molecule is CC(C)(C)OC(=O)N1CC(O)C[C@@H]1c1ccc(Br)cc1. The third kappa shape index (κ3) is 3.73. The van der Waals surface area contributed by atoms with E-state index in [1.807, 2.05) is 45.0 Å². The smallest absolute Gasteiger partial charge is 0.410 e. The highest BCUT2D eigenvalue weighted by Gasteiger charge is 2.37. The van der Waals surface area contributed by atoms with Crippen LogP contribution in [0.15, 0.2) is 28.7 Å². The molecule has 0 aromatic heterocycles. The van der Waals surface area contributed by atoms with Gasteiger partial charge in [-0.15, -0.1) is 0 Å². The Morgan fingerprint density at radius 1 is 1.35 bits per heavy atom. The van der Waals surface area contributed by atoms with Gasteiger partial charge in [0.25, 0.3) is 0 Å². The molecule has 1 unspecified atom stereocenters. The monoisotopic (exact) mass is 341 g/mol. The maximum atomic E-state index is 12.2. The zero-order chi connectivity index (χ0) is 14.9. The summed E-state index contributed by atoms with van der Waals surface area (Å²) in [7, 11) is 0. The van der Waals surface area contributed by atoms with Crippen LogP contribution in [0.3, 0.4) is 0 Å². The van der Waals surface area contributed by atoms with Crippen molar-refractivity contribution in [3.63, 3.8) is 0 Å². The number of hydrogen-bond acceptors (Lipinski definition) is 3. The van der Waals surface area contributed by atoms with E-state index in [-0.39, 0.29) is 12.1 Å². The number of carbonyl (C=O) groups is 1. The first-order chi connectivity index (χ1) is 9.26. The Morgan fingerprint density at radius 2 is 1.95 bits per heavy atom. The van der Waals surface area contributed by atoms with Crippen molar-refractivity contribution in [2.24, 2.45) is 0 Å². The van der Waals surface area contributed by atoms with Crippen molar-refractivity contribution in [1.29, 1.82) is 0 Å². The fraction of sp³-hybridized carbons (Fsp3) is 0.533. The van der Waals surface area contributed by atoms with Crippen LogP contribution in [0.2, 0.25) is 0 Å². The van der Waals surface area contributed by atoms with Gasteiger partial charge in [0.05, 0.1) is 18.7 Å². The lowest BCUT2D eigenvalue weighted by molar-refractivity contribution is 0.0206. The highest BCUT2D eigenvalue weighted by atomic mass is 79.9. The number of rotatable bonds is 1. The molecule has 1 aromatic rings. The van der Waals surface area contributed by atoms with Gasteiger partial charge in [0.2, 0.25) is 0 Å². The molecule has 1 aliphatic heterocycles. The predicted octanol–water partition coefficient (Wildman–Crippen LogP) is 3.49. The molecule has 1 amide bonds. The van der Waals surface area contributed by atoms with Crippen LogP contribution in [0.25, 0.3) is 0 Å².